The van der Waals surface area contributed by atoms with E-state index in [9.17, 15) is 0 Å². The number of anilines is 1. The largest absolute Gasteiger partial charge is 0.497 e. The molecule has 0 spiro atoms. The molecule has 0 aliphatic carbocycles. The summed E-state index contributed by atoms with van der Waals surface area (Å²) in [5.41, 5.74) is 6.85. The van der Waals surface area contributed by atoms with E-state index < -0.39 is 0 Å². The molecule has 1 aliphatic rings. The first-order valence-electron chi connectivity index (χ1n) is 7.67. The number of hydrogen-bond donors (Lipinski definition) is 2. The van der Waals surface area contributed by atoms with E-state index in [4.69, 9.17) is 15.2 Å². The van der Waals surface area contributed by atoms with Crippen LogP contribution in [0.15, 0.2) is 29.3 Å². The molecule has 0 bridgehead atoms. The minimum Gasteiger partial charge on any atom is -0.497 e. The zero-order chi connectivity index (χ0) is 15.8. The monoisotopic (exact) mass is 306 g/mol. The van der Waals surface area contributed by atoms with Gasteiger partial charge in [0.25, 0.3) is 0 Å². The lowest BCUT2D eigenvalue weighted by Gasteiger charge is -2.22. The molecule has 1 atom stereocenters. The molecule has 0 radical (unpaired) electrons. The molecule has 122 valence electrons. The Morgan fingerprint density at radius 3 is 3.09 bits per heavy atom. The number of rotatable bonds is 7. The summed E-state index contributed by atoms with van der Waals surface area (Å²) in [6.07, 6.45) is 2.38. The highest BCUT2D eigenvalue weighted by molar-refractivity contribution is 5.92. The average Bonchev–Trinajstić information content (AvgIpc) is 2.98. The Hall–Kier alpha value is -1.79. The molecular weight excluding hydrogens is 280 g/mol. The van der Waals surface area contributed by atoms with Gasteiger partial charge < -0.3 is 20.5 Å². The minimum absolute atomic E-state index is 0.437. The Bertz CT molecular complexity index is 493. The smallest absolute Gasteiger partial charge is 0.193 e. The van der Waals surface area contributed by atoms with Crippen LogP contribution in [0.4, 0.5) is 5.69 Å². The standard InChI is InChI=1S/C16H26N4O2/c1-21-10-9-20-8-4-6-14(20)12-18-16(17)19-13-5-3-7-15(11-13)22-2/h3,5,7,11,14H,4,6,8-10,12H2,1-2H3,(H3,17,18,19). The fourth-order valence-electron chi connectivity index (χ4n) is 2.70. The van der Waals surface area contributed by atoms with Crippen molar-refractivity contribution in [2.24, 2.45) is 10.7 Å². The fraction of sp³-hybridized carbons (Fsp3) is 0.562. The molecule has 1 unspecified atom stereocenters. The van der Waals surface area contributed by atoms with Gasteiger partial charge in [-0.3, -0.25) is 9.89 Å². The Morgan fingerprint density at radius 2 is 2.32 bits per heavy atom. The van der Waals surface area contributed by atoms with Crippen LogP contribution in [-0.4, -0.2) is 57.4 Å². The van der Waals surface area contributed by atoms with E-state index in [1.54, 1.807) is 14.2 Å². The summed E-state index contributed by atoms with van der Waals surface area (Å²) in [6.45, 7) is 3.55. The van der Waals surface area contributed by atoms with Crippen molar-refractivity contribution in [1.29, 1.82) is 0 Å². The van der Waals surface area contributed by atoms with Crippen molar-refractivity contribution >= 4 is 11.6 Å². The van der Waals surface area contributed by atoms with E-state index in [1.807, 2.05) is 24.3 Å². The lowest BCUT2D eigenvalue weighted by molar-refractivity contribution is 0.143. The first kappa shape index (κ1) is 16.6. The van der Waals surface area contributed by atoms with Crippen LogP contribution in [0, 0.1) is 0 Å². The van der Waals surface area contributed by atoms with Gasteiger partial charge in [0.1, 0.15) is 5.75 Å². The first-order valence-corrected chi connectivity index (χ1v) is 7.67. The third-order valence-electron chi connectivity index (χ3n) is 3.90. The third-order valence-corrected chi connectivity index (χ3v) is 3.90. The molecule has 1 aromatic rings. The van der Waals surface area contributed by atoms with Crippen molar-refractivity contribution in [2.45, 2.75) is 18.9 Å². The van der Waals surface area contributed by atoms with Gasteiger partial charge in [-0.2, -0.15) is 0 Å². The van der Waals surface area contributed by atoms with Crippen molar-refractivity contribution in [2.75, 3.05) is 45.8 Å². The van der Waals surface area contributed by atoms with Crippen LogP contribution in [0.25, 0.3) is 0 Å². The van der Waals surface area contributed by atoms with Crippen LogP contribution in [-0.2, 0) is 4.74 Å². The van der Waals surface area contributed by atoms with Gasteiger partial charge in [-0.25, -0.2) is 0 Å². The van der Waals surface area contributed by atoms with Gasteiger partial charge in [0, 0.05) is 31.5 Å². The summed E-state index contributed by atoms with van der Waals surface area (Å²) >= 11 is 0. The van der Waals surface area contributed by atoms with Gasteiger partial charge in [0.05, 0.1) is 20.3 Å². The molecule has 0 aromatic heterocycles. The lowest BCUT2D eigenvalue weighted by atomic mass is 10.2. The number of guanidine groups is 1. The first-order chi connectivity index (χ1) is 10.7. The zero-order valence-corrected chi connectivity index (χ0v) is 13.4. The van der Waals surface area contributed by atoms with Crippen LogP contribution in [0.1, 0.15) is 12.8 Å². The number of likely N-dealkylation sites (tertiary alicyclic amines) is 1. The van der Waals surface area contributed by atoms with E-state index in [-0.39, 0.29) is 0 Å². The van der Waals surface area contributed by atoms with E-state index in [0.29, 0.717) is 18.5 Å². The Balaban J connectivity index is 1.86. The van der Waals surface area contributed by atoms with Gasteiger partial charge >= 0.3 is 0 Å². The summed E-state index contributed by atoms with van der Waals surface area (Å²) in [5, 5.41) is 3.10. The van der Waals surface area contributed by atoms with Crippen LogP contribution in [0.2, 0.25) is 0 Å². The van der Waals surface area contributed by atoms with Gasteiger partial charge in [0.2, 0.25) is 0 Å². The second kappa shape index (κ2) is 8.60. The van der Waals surface area contributed by atoms with Gasteiger partial charge in [-0.1, -0.05) is 6.07 Å². The van der Waals surface area contributed by atoms with E-state index >= 15 is 0 Å². The molecule has 22 heavy (non-hydrogen) atoms. The molecule has 1 heterocycles. The molecule has 3 N–H and O–H groups in total. The number of benzene rings is 1. The number of nitrogens with two attached hydrogens (primary N) is 1. The number of methoxy groups -OCH3 is 2. The number of hydrogen-bond acceptors (Lipinski definition) is 4. The predicted molar refractivity (Wildman–Crippen MR) is 89.6 cm³/mol. The highest BCUT2D eigenvalue weighted by atomic mass is 16.5. The van der Waals surface area contributed by atoms with Gasteiger partial charge in [-0.05, 0) is 31.5 Å². The normalized spacial score (nSPS) is 19.4. The Morgan fingerprint density at radius 1 is 1.45 bits per heavy atom. The molecule has 6 nitrogen and oxygen atoms in total. The Kier molecular flexibility index (Phi) is 6.48. The molecule has 0 saturated carbocycles. The summed E-state index contributed by atoms with van der Waals surface area (Å²) < 4.78 is 10.3. The van der Waals surface area contributed by atoms with Gasteiger partial charge in [0.15, 0.2) is 5.96 Å². The highest BCUT2D eigenvalue weighted by Crippen LogP contribution is 2.18. The fourth-order valence-corrected chi connectivity index (χ4v) is 2.70. The minimum atomic E-state index is 0.437. The maximum atomic E-state index is 5.98. The second-order valence-corrected chi connectivity index (χ2v) is 5.41. The summed E-state index contributed by atoms with van der Waals surface area (Å²) in [7, 11) is 3.38. The summed E-state index contributed by atoms with van der Waals surface area (Å²) in [6, 6.07) is 8.09. The number of ether oxygens (including phenoxy) is 2. The zero-order valence-electron chi connectivity index (χ0n) is 13.4. The van der Waals surface area contributed by atoms with Crippen molar-refractivity contribution in [3.05, 3.63) is 24.3 Å². The van der Waals surface area contributed by atoms with E-state index in [2.05, 4.69) is 15.2 Å². The molecule has 1 aromatic carbocycles. The van der Waals surface area contributed by atoms with Crippen molar-refractivity contribution in [1.82, 2.24) is 4.90 Å². The summed E-state index contributed by atoms with van der Waals surface area (Å²) in [5.74, 6) is 1.23. The van der Waals surface area contributed by atoms with E-state index in [0.717, 1.165) is 31.1 Å². The van der Waals surface area contributed by atoms with Crippen LogP contribution >= 0.6 is 0 Å². The molecule has 6 heteroatoms. The third kappa shape index (κ3) is 4.89. The SMILES string of the molecule is COCCN1CCCC1CN=C(N)Nc1cccc(OC)c1. The molecule has 2 rings (SSSR count). The number of nitrogens with zero attached hydrogens (tertiary/aromatic N) is 2. The van der Waals surface area contributed by atoms with Crippen molar-refractivity contribution < 1.29 is 9.47 Å². The molecule has 1 fully saturated rings. The van der Waals surface area contributed by atoms with Crippen molar-refractivity contribution in [3.63, 3.8) is 0 Å². The van der Waals surface area contributed by atoms with Crippen LogP contribution < -0.4 is 15.8 Å². The quantitative estimate of drug-likeness (QED) is 0.590. The van der Waals surface area contributed by atoms with Crippen molar-refractivity contribution in [3.8, 4) is 5.75 Å². The molecular formula is C16H26N4O2. The molecule has 1 saturated heterocycles. The average molecular weight is 306 g/mol. The van der Waals surface area contributed by atoms with E-state index in [1.165, 1.54) is 12.8 Å². The number of nitrogens with one attached hydrogen (secondary N) is 1. The van der Waals surface area contributed by atoms with Crippen LogP contribution in [0.5, 0.6) is 5.75 Å². The second-order valence-electron chi connectivity index (χ2n) is 5.41. The van der Waals surface area contributed by atoms with Crippen LogP contribution in [0.3, 0.4) is 0 Å². The predicted octanol–water partition coefficient (Wildman–Crippen LogP) is 1.53. The highest BCUT2D eigenvalue weighted by Gasteiger charge is 2.23. The van der Waals surface area contributed by atoms with Gasteiger partial charge in [-0.15, -0.1) is 0 Å². The molecule has 0 amide bonds. The lowest BCUT2D eigenvalue weighted by Crippen LogP contribution is -2.35. The maximum absolute atomic E-state index is 5.98. The topological polar surface area (TPSA) is 72.1 Å². The Labute approximate surface area is 132 Å². The maximum Gasteiger partial charge on any atom is 0.193 e. The number of aliphatic imine (C=N–C) groups is 1. The molecule has 1 aliphatic heterocycles. The summed E-state index contributed by atoms with van der Waals surface area (Å²) in [4.78, 5) is 6.90.